The third-order valence-corrected chi connectivity index (χ3v) is 4.96. The van der Waals surface area contributed by atoms with Crippen LogP contribution in [0.2, 0.25) is 0 Å². The van der Waals surface area contributed by atoms with E-state index in [9.17, 15) is 9.59 Å². The fourth-order valence-corrected chi connectivity index (χ4v) is 3.40. The van der Waals surface area contributed by atoms with E-state index < -0.39 is 0 Å². The molecule has 4 rings (SSSR count). The van der Waals surface area contributed by atoms with Crippen LogP contribution in [0.5, 0.6) is 5.75 Å². The maximum Gasteiger partial charge on any atom is 0.193 e. The van der Waals surface area contributed by atoms with Gasteiger partial charge in [-0.1, -0.05) is 54.6 Å². The second-order valence-electron chi connectivity index (χ2n) is 6.81. The Morgan fingerprint density at radius 3 is 2.44 bits per heavy atom. The number of rotatable bonds is 3. The Kier molecular flexibility index (Phi) is 4.59. The normalized spacial score (nSPS) is 13.4. The van der Waals surface area contributed by atoms with Crippen LogP contribution in [-0.2, 0) is 0 Å². The maximum absolute atomic E-state index is 12.7. The molecule has 0 unspecified atom stereocenters. The van der Waals surface area contributed by atoms with E-state index in [2.05, 4.69) is 0 Å². The number of hydrogen-bond acceptors (Lipinski definition) is 3. The number of carbonyl (C=O) groups excluding carboxylic acids is 2. The monoisotopic (exact) mass is 356 g/mol. The van der Waals surface area contributed by atoms with Crippen LogP contribution in [0.1, 0.15) is 44.7 Å². The molecule has 0 N–H and O–H groups in total. The van der Waals surface area contributed by atoms with Crippen LogP contribution >= 0.6 is 0 Å². The average Bonchev–Trinajstić information content (AvgIpc) is 2.89. The summed E-state index contributed by atoms with van der Waals surface area (Å²) in [5.74, 6) is 0.799. The lowest BCUT2D eigenvalue weighted by molar-refractivity contribution is 0.0982. The molecule has 1 aliphatic rings. The Bertz CT molecular complexity index is 1020. The van der Waals surface area contributed by atoms with Crippen molar-refractivity contribution in [2.75, 3.05) is 6.61 Å². The van der Waals surface area contributed by atoms with Gasteiger partial charge in [-0.05, 0) is 42.2 Å². The van der Waals surface area contributed by atoms with Gasteiger partial charge in [0.25, 0.3) is 0 Å². The largest absolute Gasteiger partial charge is 0.493 e. The van der Waals surface area contributed by atoms with Crippen molar-refractivity contribution in [3.63, 3.8) is 0 Å². The molecule has 27 heavy (non-hydrogen) atoms. The third kappa shape index (κ3) is 3.41. The number of fused-ring (bicyclic) bond motifs is 1. The van der Waals surface area contributed by atoms with E-state index in [0.29, 0.717) is 29.9 Å². The smallest absolute Gasteiger partial charge is 0.193 e. The van der Waals surface area contributed by atoms with Gasteiger partial charge in [-0.2, -0.15) is 0 Å². The van der Waals surface area contributed by atoms with Crippen LogP contribution in [0.15, 0.2) is 66.7 Å². The summed E-state index contributed by atoms with van der Waals surface area (Å²) in [6.45, 7) is 2.52. The summed E-state index contributed by atoms with van der Waals surface area (Å²) in [5, 5.41) is 0. The minimum atomic E-state index is 0.0187. The second-order valence-corrected chi connectivity index (χ2v) is 6.81. The van der Waals surface area contributed by atoms with E-state index in [4.69, 9.17) is 4.74 Å². The molecule has 0 bridgehead atoms. The van der Waals surface area contributed by atoms with Gasteiger partial charge in [0.15, 0.2) is 11.6 Å². The van der Waals surface area contributed by atoms with Crippen LogP contribution in [-0.4, -0.2) is 18.2 Å². The number of benzene rings is 3. The summed E-state index contributed by atoms with van der Waals surface area (Å²) in [5.41, 5.74) is 4.90. The molecule has 0 aromatic heterocycles. The molecular formula is C24H20O3. The Morgan fingerprint density at radius 2 is 1.67 bits per heavy atom. The summed E-state index contributed by atoms with van der Waals surface area (Å²) >= 11 is 0. The highest BCUT2D eigenvalue weighted by molar-refractivity contribution is 6.10. The lowest BCUT2D eigenvalue weighted by Crippen LogP contribution is -2.03. The molecule has 3 heteroatoms. The molecule has 3 aromatic rings. The van der Waals surface area contributed by atoms with Crippen molar-refractivity contribution in [2.24, 2.45) is 0 Å². The van der Waals surface area contributed by atoms with Gasteiger partial charge >= 0.3 is 0 Å². The van der Waals surface area contributed by atoms with Gasteiger partial charge in [-0.3, -0.25) is 9.59 Å². The molecule has 0 saturated carbocycles. The number of ether oxygens (including phenoxy) is 1. The fourth-order valence-electron chi connectivity index (χ4n) is 3.40. The topological polar surface area (TPSA) is 43.4 Å². The molecule has 0 fully saturated rings. The van der Waals surface area contributed by atoms with Crippen LogP contribution < -0.4 is 4.74 Å². The van der Waals surface area contributed by atoms with E-state index in [1.54, 1.807) is 0 Å². The lowest BCUT2D eigenvalue weighted by atomic mass is 9.95. The van der Waals surface area contributed by atoms with Crippen molar-refractivity contribution in [3.8, 4) is 16.9 Å². The van der Waals surface area contributed by atoms with Crippen LogP contribution in [0.4, 0.5) is 0 Å². The Morgan fingerprint density at radius 1 is 0.926 bits per heavy atom. The summed E-state index contributed by atoms with van der Waals surface area (Å²) in [4.78, 5) is 25.0. The number of hydrogen-bond donors (Lipinski definition) is 0. The molecule has 134 valence electrons. The predicted octanol–water partition coefficient (Wildman–Crippen LogP) is 5.25. The van der Waals surface area contributed by atoms with Gasteiger partial charge in [0, 0.05) is 17.5 Å². The number of aryl methyl sites for hydroxylation is 1. The summed E-state index contributed by atoms with van der Waals surface area (Å²) in [6, 6.07) is 20.8. The second kappa shape index (κ2) is 7.20. The third-order valence-electron chi connectivity index (χ3n) is 4.96. The quantitative estimate of drug-likeness (QED) is 0.602. The predicted molar refractivity (Wildman–Crippen MR) is 106 cm³/mol. The number of carbonyl (C=O) groups is 2. The summed E-state index contributed by atoms with van der Waals surface area (Å²) in [7, 11) is 0. The zero-order chi connectivity index (χ0) is 18.8. The Labute approximate surface area is 158 Å². The van der Waals surface area contributed by atoms with Crippen LogP contribution in [0, 0.1) is 6.92 Å². The highest BCUT2D eigenvalue weighted by Gasteiger charge is 2.18. The molecule has 3 nitrogen and oxygen atoms in total. The van der Waals surface area contributed by atoms with Crippen LogP contribution in [0.3, 0.4) is 0 Å². The van der Waals surface area contributed by atoms with Crippen molar-refractivity contribution in [1.29, 1.82) is 0 Å². The minimum absolute atomic E-state index is 0.0187. The Balaban J connectivity index is 1.64. The zero-order valence-corrected chi connectivity index (χ0v) is 15.2. The van der Waals surface area contributed by atoms with E-state index in [-0.39, 0.29) is 11.6 Å². The molecule has 0 aliphatic carbocycles. The Hall–Kier alpha value is -3.20. The first-order chi connectivity index (χ1) is 13.1. The molecule has 3 aromatic carbocycles. The van der Waals surface area contributed by atoms with Gasteiger partial charge in [0.1, 0.15) is 5.75 Å². The molecule has 0 saturated heterocycles. The molecule has 0 atom stereocenters. The van der Waals surface area contributed by atoms with Crippen molar-refractivity contribution < 1.29 is 14.3 Å². The van der Waals surface area contributed by atoms with Gasteiger partial charge in [-0.25, -0.2) is 0 Å². The number of Topliss-reactive ketones (excluding diaryl/α,β-unsaturated/α-hetero) is 1. The average molecular weight is 356 g/mol. The van der Waals surface area contributed by atoms with E-state index in [1.165, 1.54) is 0 Å². The van der Waals surface area contributed by atoms with Gasteiger partial charge in [0.05, 0.1) is 12.2 Å². The van der Waals surface area contributed by atoms with E-state index >= 15 is 0 Å². The first-order valence-corrected chi connectivity index (χ1v) is 9.14. The molecule has 0 amide bonds. The van der Waals surface area contributed by atoms with Gasteiger partial charge < -0.3 is 4.74 Å². The standard InChI is InChI=1S/C24H20O3/c1-16-5-2-3-6-20(16)24(26)18-10-8-17(9-11-18)19-12-13-23-21(15-19)22(25)7-4-14-27-23/h2-3,5-6,8-13,15H,4,7,14H2,1H3. The van der Waals surface area contributed by atoms with Crippen molar-refractivity contribution in [1.82, 2.24) is 0 Å². The van der Waals surface area contributed by atoms with Gasteiger partial charge in [-0.15, -0.1) is 0 Å². The maximum atomic E-state index is 12.7. The minimum Gasteiger partial charge on any atom is -0.493 e. The fraction of sp³-hybridized carbons (Fsp3) is 0.167. The zero-order valence-electron chi connectivity index (χ0n) is 15.2. The van der Waals surface area contributed by atoms with Crippen molar-refractivity contribution >= 4 is 11.6 Å². The van der Waals surface area contributed by atoms with E-state index in [0.717, 1.165) is 28.7 Å². The lowest BCUT2D eigenvalue weighted by Gasteiger charge is -2.10. The first kappa shape index (κ1) is 17.2. The molecule has 0 spiro atoms. The van der Waals surface area contributed by atoms with Crippen molar-refractivity contribution in [3.05, 3.63) is 89.0 Å². The molecule has 1 heterocycles. The SMILES string of the molecule is Cc1ccccc1C(=O)c1ccc(-c2ccc3c(c2)C(=O)CCCO3)cc1. The summed E-state index contributed by atoms with van der Waals surface area (Å²) in [6.07, 6.45) is 1.26. The highest BCUT2D eigenvalue weighted by Crippen LogP contribution is 2.30. The van der Waals surface area contributed by atoms with Crippen LogP contribution in [0.25, 0.3) is 11.1 Å². The highest BCUT2D eigenvalue weighted by atomic mass is 16.5. The van der Waals surface area contributed by atoms with E-state index in [1.807, 2.05) is 73.7 Å². The molecule has 0 radical (unpaired) electrons. The first-order valence-electron chi connectivity index (χ1n) is 9.14. The summed E-state index contributed by atoms with van der Waals surface area (Å²) < 4.78 is 5.65. The number of ketones is 2. The van der Waals surface area contributed by atoms with Crippen molar-refractivity contribution in [2.45, 2.75) is 19.8 Å². The van der Waals surface area contributed by atoms with Gasteiger partial charge in [0.2, 0.25) is 0 Å². The molecular weight excluding hydrogens is 336 g/mol. The molecule has 1 aliphatic heterocycles.